The van der Waals surface area contributed by atoms with Crippen molar-refractivity contribution in [2.24, 2.45) is 0 Å². The second-order valence-electron chi connectivity index (χ2n) is 16.3. The maximum absolute atomic E-state index is 14.3. The number of aromatic nitrogens is 1. The number of oxazole rings is 1. The number of hydrogen-bond acceptors (Lipinski definition) is 11. The molecule has 0 spiro atoms. The summed E-state index contributed by atoms with van der Waals surface area (Å²) in [6.45, 7) is 7.89. The van der Waals surface area contributed by atoms with Gasteiger partial charge in [0.25, 0.3) is 11.8 Å². The summed E-state index contributed by atoms with van der Waals surface area (Å²) < 4.78 is 16.6. The van der Waals surface area contributed by atoms with Crippen LogP contribution in [0.3, 0.4) is 0 Å². The topological polar surface area (TPSA) is 181 Å². The van der Waals surface area contributed by atoms with Crippen LogP contribution >= 0.6 is 0 Å². The average molecular weight is 817 g/mol. The maximum Gasteiger partial charge on any atom is 0.417 e. The Morgan fingerprint density at radius 1 is 0.881 bits per heavy atom. The molecule has 17 heteroatoms. The van der Waals surface area contributed by atoms with E-state index in [1.54, 1.807) is 30.0 Å². The average Bonchev–Trinajstić information content (AvgIpc) is 3.54. The van der Waals surface area contributed by atoms with Gasteiger partial charge in [0, 0.05) is 104 Å². The van der Waals surface area contributed by atoms with Gasteiger partial charge in [0.15, 0.2) is 18.3 Å². The summed E-state index contributed by atoms with van der Waals surface area (Å²) in [6.07, 6.45) is 2.17. The fraction of sp³-hybridized carbons (Fsp3) is 0.571. The fourth-order valence-electron chi connectivity index (χ4n) is 8.70. The van der Waals surface area contributed by atoms with Crippen LogP contribution in [0.2, 0.25) is 0 Å². The van der Waals surface area contributed by atoms with Gasteiger partial charge in [0.1, 0.15) is 0 Å². The molecule has 7 rings (SSSR count). The predicted molar refractivity (Wildman–Crippen MR) is 218 cm³/mol. The summed E-state index contributed by atoms with van der Waals surface area (Å²) in [5.41, 5.74) is 4.38. The van der Waals surface area contributed by atoms with Gasteiger partial charge in [-0.15, -0.1) is 0 Å². The zero-order chi connectivity index (χ0) is 41.6. The number of rotatable bonds is 11. The molecule has 5 amide bonds. The molecule has 0 aliphatic carbocycles. The van der Waals surface area contributed by atoms with Crippen LogP contribution in [0.4, 0.5) is 15.3 Å². The quantitative estimate of drug-likeness (QED) is 0.272. The highest BCUT2D eigenvalue weighted by molar-refractivity contribution is 5.91. The van der Waals surface area contributed by atoms with E-state index in [0.717, 1.165) is 62.3 Å². The van der Waals surface area contributed by atoms with E-state index in [1.165, 1.54) is 4.90 Å². The number of carbonyl (C=O) groups excluding carboxylic acids is 5. The number of fused-ring (bicyclic) bond motifs is 2. The second kappa shape index (κ2) is 18.7. The molecule has 1 aromatic heterocycles. The summed E-state index contributed by atoms with van der Waals surface area (Å²) in [6, 6.07) is 11.5. The highest BCUT2D eigenvalue weighted by Crippen LogP contribution is 2.27. The molecule has 5 heterocycles. The van der Waals surface area contributed by atoms with E-state index in [1.807, 2.05) is 42.2 Å². The van der Waals surface area contributed by atoms with E-state index in [4.69, 9.17) is 13.9 Å². The summed E-state index contributed by atoms with van der Waals surface area (Å²) in [5, 5.41) is 3.04. The van der Waals surface area contributed by atoms with Gasteiger partial charge in [-0.1, -0.05) is 24.3 Å². The van der Waals surface area contributed by atoms with Crippen molar-refractivity contribution >= 4 is 46.7 Å². The molecule has 4 aliphatic heterocycles. The van der Waals surface area contributed by atoms with Gasteiger partial charge in [-0.05, 0) is 67.9 Å². The number of urea groups is 1. The number of ether oxygens (including phenoxy) is 2. The Hall–Kier alpha value is -5.42. The third-order valence-corrected chi connectivity index (χ3v) is 12.2. The number of hydrogen-bond donors (Lipinski definition) is 2. The van der Waals surface area contributed by atoms with Gasteiger partial charge in [-0.3, -0.25) is 24.3 Å². The first-order chi connectivity index (χ1) is 28.4. The zero-order valence-electron chi connectivity index (χ0n) is 34.3. The molecule has 3 aromatic rings. The predicted octanol–water partition coefficient (Wildman–Crippen LogP) is 2.66. The number of esters is 1. The number of aryl methyl sites for hydroxylation is 1. The fourth-order valence-corrected chi connectivity index (χ4v) is 8.70. The van der Waals surface area contributed by atoms with Crippen molar-refractivity contribution in [1.82, 2.24) is 34.4 Å². The molecule has 0 bridgehead atoms. The molecule has 0 radical (unpaired) electrons. The van der Waals surface area contributed by atoms with Crippen molar-refractivity contribution in [3.8, 4) is 0 Å². The van der Waals surface area contributed by atoms with Crippen LogP contribution in [0.5, 0.6) is 0 Å². The lowest BCUT2D eigenvalue weighted by Crippen LogP contribution is -2.55. The number of piperidine rings is 2. The molecule has 0 unspecified atom stereocenters. The number of anilines is 1. The van der Waals surface area contributed by atoms with E-state index in [-0.39, 0.29) is 49.3 Å². The van der Waals surface area contributed by atoms with E-state index < -0.39 is 18.0 Å². The number of aromatic amines is 1. The zero-order valence-corrected chi connectivity index (χ0v) is 34.3. The molecule has 2 N–H and O–H groups in total. The maximum atomic E-state index is 14.3. The number of benzene rings is 2. The first-order valence-corrected chi connectivity index (χ1v) is 20.8. The van der Waals surface area contributed by atoms with Gasteiger partial charge in [0.05, 0.1) is 11.9 Å². The lowest BCUT2D eigenvalue weighted by molar-refractivity contribution is -0.151. The molecule has 0 saturated carbocycles. The van der Waals surface area contributed by atoms with Gasteiger partial charge in [0.2, 0.25) is 0 Å². The van der Waals surface area contributed by atoms with Crippen molar-refractivity contribution in [2.75, 3.05) is 91.5 Å². The Morgan fingerprint density at radius 3 is 2.31 bits per heavy atom. The first-order valence-electron chi connectivity index (χ1n) is 20.8. The minimum Gasteiger partial charge on any atom is -0.456 e. The van der Waals surface area contributed by atoms with Crippen LogP contribution in [-0.4, -0.2) is 169 Å². The Labute approximate surface area is 343 Å². The van der Waals surface area contributed by atoms with E-state index in [9.17, 15) is 28.8 Å². The molecule has 1 atom stereocenters. The molecule has 2 aromatic carbocycles. The smallest absolute Gasteiger partial charge is 0.417 e. The van der Waals surface area contributed by atoms with Crippen molar-refractivity contribution < 1.29 is 37.9 Å². The number of nitrogens with zero attached hydrogens (tertiary/aromatic N) is 6. The summed E-state index contributed by atoms with van der Waals surface area (Å²) >= 11 is 0. The summed E-state index contributed by atoms with van der Waals surface area (Å²) in [7, 11) is 3.24. The molecular weight excluding hydrogens is 761 g/mol. The lowest BCUT2D eigenvalue weighted by atomic mass is 9.99. The molecule has 4 aliphatic rings. The largest absolute Gasteiger partial charge is 0.456 e. The molecule has 318 valence electrons. The van der Waals surface area contributed by atoms with Crippen LogP contribution in [-0.2, 0) is 36.7 Å². The number of H-pyrrole nitrogens is 1. The second-order valence-corrected chi connectivity index (χ2v) is 16.3. The monoisotopic (exact) mass is 816 g/mol. The van der Waals surface area contributed by atoms with E-state index in [2.05, 4.69) is 20.1 Å². The highest BCUT2D eigenvalue weighted by Gasteiger charge is 2.37. The minimum atomic E-state index is -1.09. The molecule has 17 nitrogen and oxygen atoms in total. The molecule has 3 saturated heterocycles. The van der Waals surface area contributed by atoms with Crippen LogP contribution < -0.4 is 11.1 Å². The van der Waals surface area contributed by atoms with Crippen LogP contribution in [0.15, 0.2) is 45.6 Å². The normalized spacial score (nSPS) is 19.2. The Kier molecular flexibility index (Phi) is 13.2. The SMILES string of the molecule is Cc1cc(C[C@@H](OC(=O)N2CCC(N3CCc4ccccc4NC3=O)CC2)C(=O)N2CCC(N3CCN(CCC(=O)OCC(=O)N(C)C)CC3)CC2)cc2oc(=O)[nH]c12. The minimum absolute atomic E-state index is 0.0318. The third kappa shape index (κ3) is 10.2. The highest BCUT2D eigenvalue weighted by atomic mass is 16.6. The third-order valence-electron chi connectivity index (χ3n) is 12.2. The number of likely N-dealkylation sites (N-methyl/N-ethyl adjacent to an activating group) is 1. The number of likely N-dealkylation sites (tertiary alicyclic amines) is 2. The van der Waals surface area contributed by atoms with E-state index >= 15 is 0 Å². The number of piperazine rings is 1. The van der Waals surface area contributed by atoms with Crippen molar-refractivity contribution in [3.05, 3.63) is 63.6 Å². The lowest BCUT2D eigenvalue weighted by Gasteiger charge is -2.43. The van der Waals surface area contributed by atoms with Crippen LogP contribution in [0.25, 0.3) is 11.1 Å². The number of amides is 5. The van der Waals surface area contributed by atoms with E-state index in [0.29, 0.717) is 74.8 Å². The van der Waals surface area contributed by atoms with Crippen LogP contribution in [0, 0.1) is 6.92 Å². The summed E-state index contributed by atoms with van der Waals surface area (Å²) in [4.78, 5) is 91.2. The number of nitrogens with one attached hydrogen (secondary N) is 2. The van der Waals surface area contributed by atoms with Gasteiger partial charge >= 0.3 is 23.8 Å². The van der Waals surface area contributed by atoms with Gasteiger partial charge in [-0.2, -0.15) is 0 Å². The number of para-hydroxylation sites is 1. The standard InChI is InChI=1S/C42H56N8O9/c1-28-24-29(25-34-38(28)44-41(55)58-34)26-35(59-42(56)49-17-11-32(12-18-49)50-19-8-30-6-4-5-7-33(30)43-40(50)54)39(53)48-15-9-31(10-16-48)47-22-20-46(21-23-47)14-13-37(52)57-27-36(51)45(2)3/h4-7,24-25,31-32,35H,8-23,26-27H2,1-3H3,(H,43,54)(H,44,55)/t35-/m1/s1. The van der Waals surface area contributed by atoms with Crippen LogP contribution in [0.1, 0.15) is 48.8 Å². The Morgan fingerprint density at radius 2 is 1.58 bits per heavy atom. The van der Waals surface area contributed by atoms with Gasteiger partial charge < -0.3 is 43.7 Å². The van der Waals surface area contributed by atoms with Crippen molar-refractivity contribution in [1.29, 1.82) is 0 Å². The summed E-state index contributed by atoms with van der Waals surface area (Å²) in [5.74, 6) is -1.46. The molecular formula is C42H56N8O9. The van der Waals surface area contributed by atoms with Crippen molar-refractivity contribution in [2.45, 2.75) is 70.1 Å². The van der Waals surface area contributed by atoms with Crippen molar-refractivity contribution in [3.63, 3.8) is 0 Å². The Balaban J connectivity index is 0.929. The molecule has 59 heavy (non-hydrogen) atoms. The Bertz CT molecular complexity index is 2060. The number of carbonyl (C=O) groups is 5. The molecule has 3 fully saturated rings. The van der Waals surface area contributed by atoms with Gasteiger partial charge in [-0.25, -0.2) is 14.4 Å². The first kappa shape index (κ1) is 41.7.